The van der Waals surface area contributed by atoms with Gasteiger partial charge < -0.3 is 9.84 Å². The molecule has 0 aromatic heterocycles. The van der Waals surface area contributed by atoms with Crippen LogP contribution in [0.25, 0.3) is 6.08 Å². The highest BCUT2D eigenvalue weighted by atomic mass is 16.5. The second-order valence-electron chi connectivity index (χ2n) is 5.08. The van der Waals surface area contributed by atoms with Crippen molar-refractivity contribution in [3.8, 4) is 0 Å². The molecule has 1 aromatic rings. The summed E-state index contributed by atoms with van der Waals surface area (Å²) in [4.78, 5) is 12.1. The molecule has 0 amide bonds. The number of rotatable bonds is 4. The van der Waals surface area contributed by atoms with Crippen molar-refractivity contribution < 1.29 is 14.6 Å². The average molecular weight is 260 g/mol. The van der Waals surface area contributed by atoms with Crippen LogP contribution in [0, 0.1) is 5.41 Å². The van der Waals surface area contributed by atoms with Gasteiger partial charge in [-0.15, -0.1) is 0 Å². The molecule has 19 heavy (non-hydrogen) atoms. The number of aliphatic hydroxyl groups excluding tert-OH is 1. The molecule has 0 radical (unpaired) electrons. The van der Waals surface area contributed by atoms with E-state index in [2.05, 4.69) is 6.07 Å². The van der Waals surface area contributed by atoms with E-state index in [4.69, 9.17) is 4.74 Å². The lowest BCUT2D eigenvalue weighted by molar-refractivity contribution is -0.154. The Hall–Kier alpha value is -1.61. The van der Waals surface area contributed by atoms with Gasteiger partial charge in [0.2, 0.25) is 0 Å². The molecule has 0 aliphatic heterocycles. The fraction of sp³-hybridized carbons (Fsp3) is 0.438. The Bertz CT molecular complexity index is 504. The van der Waals surface area contributed by atoms with Crippen LogP contribution in [0.15, 0.2) is 29.8 Å². The predicted molar refractivity (Wildman–Crippen MR) is 74.6 cm³/mol. The van der Waals surface area contributed by atoms with Crippen molar-refractivity contribution in [3.05, 3.63) is 41.0 Å². The van der Waals surface area contributed by atoms with Gasteiger partial charge in [-0.05, 0) is 37.8 Å². The molecule has 0 saturated carbocycles. The standard InChI is InChI=1S/C16H20O3/c1-3-19-15(18)16(2,11-17)14-9-8-12-6-4-5-7-13(12)10-14/h4-7,10,17H,3,8-9,11H2,1-2H3/t16-/m1/s1. The van der Waals surface area contributed by atoms with E-state index in [0.29, 0.717) is 6.61 Å². The van der Waals surface area contributed by atoms with Gasteiger partial charge in [-0.25, -0.2) is 0 Å². The van der Waals surface area contributed by atoms with E-state index in [-0.39, 0.29) is 12.6 Å². The SMILES string of the molecule is CCOC(=O)[C@](C)(CO)C1=Cc2ccccc2CC1. The molecule has 0 spiro atoms. The van der Waals surface area contributed by atoms with Crippen LogP contribution >= 0.6 is 0 Å². The van der Waals surface area contributed by atoms with Gasteiger partial charge in [-0.1, -0.05) is 35.9 Å². The van der Waals surface area contributed by atoms with E-state index in [1.54, 1.807) is 13.8 Å². The van der Waals surface area contributed by atoms with E-state index in [0.717, 1.165) is 24.0 Å². The Kier molecular flexibility index (Phi) is 4.05. The molecule has 1 aromatic carbocycles. The second-order valence-corrected chi connectivity index (χ2v) is 5.08. The maximum Gasteiger partial charge on any atom is 0.318 e. The van der Waals surface area contributed by atoms with Gasteiger partial charge in [0.15, 0.2) is 0 Å². The smallest absolute Gasteiger partial charge is 0.318 e. The molecule has 1 aliphatic carbocycles. The van der Waals surface area contributed by atoms with Crippen LogP contribution in [-0.2, 0) is 16.0 Å². The molecule has 3 heteroatoms. The molecule has 1 atom stereocenters. The molecule has 0 saturated heterocycles. The number of fused-ring (bicyclic) bond motifs is 1. The summed E-state index contributed by atoms with van der Waals surface area (Å²) in [6, 6.07) is 8.15. The van der Waals surface area contributed by atoms with E-state index < -0.39 is 5.41 Å². The Labute approximate surface area is 113 Å². The maximum absolute atomic E-state index is 12.1. The first kappa shape index (κ1) is 13.8. The average Bonchev–Trinajstić information content (AvgIpc) is 2.46. The fourth-order valence-corrected chi connectivity index (χ4v) is 2.45. The van der Waals surface area contributed by atoms with Crippen LogP contribution in [0.2, 0.25) is 0 Å². The summed E-state index contributed by atoms with van der Waals surface area (Å²) in [5, 5.41) is 9.64. The Balaban J connectivity index is 2.35. The largest absolute Gasteiger partial charge is 0.465 e. The fourth-order valence-electron chi connectivity index (χ4n) is 2.45. The van der Waals surface area contributed by atoms with Gasteiger partial charge in [0.1, 0.15) is 5.41 Å². The highest BCUT2D eigenvalue weighted by Crippen LogP contribution is 2.36. The van der Waals surface area contributed by atoms with E-state index in [1.165, 1.54) is 5.56 Å². The Morgan fingerprint density at radius 3 is 2.79 bits per heavy atom. The third-order valence-corrected chi connectivity index (χ3v) is 3.80. The van der Waals surface area contributed by atoms with Gasteiger partial charge in [0.05, 0.1) is 13.2 Å². The van der Waals surface area contributed by atoms with Gasteiger partial charge in [0, 0.05) is 0 Å². The highest BCUT2D eigenvalue weighted by Gasteiger charge is 2.38. The zero-order valence-electron chi connectivity index (χ0n) is 11.5. The Morgan fingerprint density at radius 1 is 1.37 bits per heavy atom. The van der Waals surface area contributed by atoms with Gasteiger partial charge in [-0.3, -0.25) is 4.79 Å². The van der Waals surface area contributed by atoms with Crippen LogP contribution in [0.1, 0.15) is 31.4 Å². The number of aryl methyl sites for hydroxylation is 1. The molecular formula is C16H20O3. The molecule has 0 unspecified atom stereocenters. The van der Waals surface area contributed by atoms with Crippen molar-refractivity contribution in [2.24, 2.45) is 5.41 Å². The zero-order valence-corrected chi connectivity index (χ0v) is 11.5. The first-order valence-electron chi connectivity index (χ1n) is 6.69. The molecule has 2 rings (SSSR count). The topological polar surface area (TPSA) is 46.5 Å². The van der Waals surface area contributed by atoms with Crippen molar-refractivity contribution in [1.29, 1.82) is 0 Å². The lowest BCUT2D eigenvalue weighted by Gasteiger charge is -2.30. The Morgan fingerprint density at radius 2 is 2.11 bits per heavy atom. The van der Waals surface area contributed by atoms with Crippen LogP contribution in [0.4, 0.5) is 0 Å². The molecule has 1 N–H and O–H groups in total. The van der Waals surface area contributed by atoms with Crippen LogP contribution in [0.5, 0.6) is 0 Å². The van der Waals surface area contributed by atoms with Crippen LogP contribution < -0.4 is 0 Å². The van der Waals surface area contributed by atoms with Crippen molar-refractivity contribution in [3.63, 3.8) is 0 Å². The molecule has 0 fully saturated rings. The number of aliphatic hydroxyl groups is 1. The number of hydrogen-bond acceptors (Lipinski definition) is 3. The summed E-state index contributed by atoms with van der Waals surface area (Å²) in [5.41, 5.74) is 2.44. The van der Waals surface area contributed by atoms with Crippen molar-refractivity contribution >= 4 is 12.0 Å². The minimum Gasteiger partial charge on any atom is -0.465 e. The minimum absolute atomic E-state index is 0.222. The van der Waals surface area contributed by atoms with E-state index in [9.17, 15) is 9.90 Å². The van der Waals surface area contributed by atoms with Crippen molar-refractivity contribution in [2.45, 2.75) is 26.7 Å². The maximum atomic E-state index is 12.1. The number of hydrogen-bond donors (Lipinski definition) is 1. The zero-order chi connectivity index (χ0) is 13.9. The van der Waals surface area contributed by atoms with E-state index >= 15 is 0 Å². The van der Waals surface area contributed by atoms with Gasteiger partial charge in [0.25, 0.3) is 0 Å². The second kappa shape index (κ2) is 5.57. The predicted octanol–water partition coefficient (Wildman–Crippen LogP) is 2.58. The van der Waals surface area contributed by atoms with Crippen molar-refractivity contribution in [2.75, 3.05) is 13.2 Å². The van der Waals surface area contributed by atoms with Crippen LogP contribution in [0.3, 0.4) is 0 Å². The number of esters is 1. The quantitative estimate of drug-likeness (QED) is 0.846. The third kappa shape index (κ3) is 2.56. The lowest BCUT2D eigenvalue weighted by atomic mass is 9.76. The number of carbonyl (C=O) groups is 1. The molecule has 102 valence electrons. The van der Waals surface area contributed by atoms with E-state index in [1.807, 2.05) is 24.3 Å². The monoisotopic (exact) mass is 260 g/mol. The summed E-state index contributed by atoms with van der Waals surface area (Å²) in [5.74, 6) is -0.344. The summed E-state index contributed by atoms with van der Waals surface area (Å²) in [6.07, 6.45) is 3.70. The summed E-state index contributed by atoms with van der Waals surface area (Å²) < 4.78 is 5.10. The molecular weight excluding hydrogens is 240 g/mol. The molecule has 1 aliphatic rings. The molecule has 3 nitrogen and oxygen atoms in total. The van der Waals surface area contributed by atoms with Gasteiger partial charge >= 0.3 is 5.97 Å². The minimum atomic E-state index is -0.927. The number of ether oxygens (including phenoxy) is 1. The highest BCUT2D eigenvalue weighted by molar-refractivity contribution is 5.83. The van der Waals surface area contributed by atoms with Gasteiger partial charge in [-0.2, -0.15) is 0 Å². The van der Waals surface area contributed by atoms with Crippen molar-refractivity contribution in [1.82, 2.24) is 0 Å². The molecule has 0 bridgehead atoms. The number of benzene rings is 1. The normalized spacial score (nSPS) is 17.1. The summed E-state index contributed by atoms with van der Waals surface area (Å²) in [7, 11) is 0. The molecule has 0 heterocycles. The lowest BCUT2D eigenvalue weighted by Crippen LogP contribution is -2.36. The third-order valence-electron chi connectivity index (χ3n) is 3.80. The first-order valence-corrected chi connectivity index (χ1v) is 6.69. The first-order chi connectivity index (χ1) is 9.11. The summed E-state index contributed by atoms with van der Waals surface area (Å²) in [6.45, 7) is 3.64. The summed E-state index contributed by atoms with van der Waals surface area (Å²) >= 11 is 0. The van der Waals surface area contributed by atoms with Crippen LogP contribution in [-0.4, -0.2) is 24.3 Å². The number of carbonyl (C=O) groups excluding carboxylic acids is 1.